The highest BCUT2D eigenvalue weighted by Gasteiger charge is 2.13. The van der Waals surface area contributed by atoms with E-state index in [0.29, 0.717) is 0 Å². The number of piperidine rings is 1. The summed E-state index contributed by atoms with van der Waals surface area (Å²) in [4.78, 5) is 14.8. The number of carbonyl (C=O) groups is 1. The van der Waals surface area contributed by atoms with Gasteiger partial charge >= 0.3 is 0 Å². The number of nitrogens with one attached hydrogen (secondary N) is 1. The lowest BCUT2D eigenvalue weighted by Crippen LogP contribution is -2.33. The van der Waals surface area contributed by atoms with E-state index in [9.17, 15) is 4.79 Å². The molecule has 2 aliphatic rings. The van der Waals surface area contributed by atoms with Crippen molar-refractivity contribution in [2.24, 2.45) is 0 Å². The van der Waals surface area contributed by atoms with Crippen LogP contribution in [0.2, 0.25) is 0 Å². The first-order valence-corrected chi connectivity index (χ1v) is 8.95. The minimum atomic E-state index is 0.0898. The van der Waals surface area contributed by atoms with E-state index in [-0.39, 0.29) is 5.91 Å². The van der Waals surface area contributed by atoms with E-state index >= 15 is 0 Å². The Balaban J connectivity index is 1.43. The SMILES string of the molecule is O=C(NCCCN1CCCCC1)c1ccc2c(c1)CCCC2. The average Bonchev–Trinajstić information content (AvgIpc) is 2.59. The van der Waals surface area contributed by atoms with E-state index in [1.807, 2.05) is 6.07 Å². The van der Waals surface area contributed by atoms with Crippen molar-refractivity contribution in [2.45, 2.75) is 51.4 Å². The first-order chi connectivity index (χ1) is 10.8. The first kappa shape index (κ1) is 15.5. The van der Waals surface area contributed by atoms with Crippen molar-refractivity contribution < 1.29 is 4.79 Å². The number of rotatable bonds is 5. The third kappa shape index (κ3) is 4.10. The van der Waals surface area contributed by atoms with Crippen LogP contribution >= 0.6 is 0 Å². The van der Waals surface area contributed by atoms with Gasteiger partial charge in [-0.3, -0.25) is 4.79 Å². The number of benzene rings is 1. The second-order valence-corrected chi connectivity index (χ2v) is 6.70. The summed E-state index contributed by atoms with van der Waals surface area (Å²) in [5, 5.41) is 3.08. The lowest BCUT2D eigenvalue weighted by Gasteiger charge is -2.26. The van der Waals surface area contributed by atoms with Gasteiger partial charge in [0, 0.05) is 12.1 Å². The van der Waals surface area contributed by atoms with E-state index in [2.05, 4.69) is 22.3 Å². The van der Waals surface area contributed by atoms with E-state index in [1.54, 1.807) is 0 Å². The summed E-state index contributed by atoms with van der Waals surface area (Å²) in [6, 6.07) is 6.25. The molecule has 3 rings (SSSR count). The lowest BCUT2D eigenvalue weighted by atomic mass is 9.90. The molecule has 1 heterocycles. The summed E-state index contributed by atoms with van der Waals surface area (Å²) in [6.45, 7) is 4.37. The molecule has 0 unspecified atom stereocenters. The minimum absolute atomic E-state index is 0.0898. The molecule has 3 heteroatoms. The van der Waals surface area contributed by atoms with Gasteiger partial charge in [-0.1, -0.05) is 12.5 Å². The summed E-state index contributed by atoms with van der Waals surface area (Å²) >= 11 is 0. The van der Waals surface area contributed by atoms with Crippen molar-refractivity contribution >= 4 is 5.91 Å². The number of fused-ring (bicyclic) bond motifs is 1. The highest BCUT2D eigenvalue weighted by Crippen LogP contribution is 2.22. The van der Waals surface area contributed by atoms with E-state index in [4.69, 9.17) is 0 Å². The smallest absolute Gasteiger partial charge is 0.251 e. The molecule has 1 fully saturated rings. The van der Waals surface area contributed by atoms with Crippen LogP contribution in [0.4, 0.5) is 0 Å². The minimum Gasteiger partial charge on any atom is -0.352 e. The predicted molar refractivity (Wildman–Crippen MR) is 90.3 cm³/mol. The molecule has 1 aromatic carbocycles. The van der Waals surface area contributed by atoms with Gasteiger partial charge in [0.25, 0.3) is 5.91 Å². The van der Waals surface area contributed by atoms with Crippen LogP contribution in [0.3, 0.4) is 0 Å². The largest absolute Gasteiger partial charge is 0.352 e. The Morgan fingerprint density at radius 3 is 2.59 bits per heavy atom. The van der Waals surface area contributed by atoms with Crippen LogP contribution < -0.4 is 5.32 Å². The maximum atomic E-state index is 12.3. The van der Waals surface area contributed by atoms with Crippen molar-refractivity contribution in [2.75, 3.05) is 26.2 Å². The van der Waals surface area contributed by atoms with Gasteiger partial charge < -0.3 is 10.2 Å². The predicted octanol–water partition coefficient (Wildman–Crippen LogP) is 3.17. The van der Waals surface area contributed by atoms with Crippen molar-refractivity contribution in [3.63, 3.8) is 0 Å². The summed E-state index contributed by atoms with van der Waals surface area (Å²) < 4.78 is 0. The zero-order valence-electron chi connectivity index (χ0n) is 13.6. The first-order valence-electron chi connectivity index (χ1n) is 8.95. The van der Waals surface area contributed by atoms with Gasteiger partial charge in [-0.15, -0.1) is 0 Å². The Kier molecular flexibility index (Phi) is 5.49. The molecule has 0 radical (unpaired) electrons. The van der Waals surface area contributed by atoms with Crippen molar-refractivity contribution in [1.29, 1.82) is 0 Å². The standard InChI is InChI=1S/C19H28N2O/c22-19(20-11-6-14-21-12-4-1-5-13-21)18-10-9-16-7-2-3-8-17(16)15-18/h9-10,15H,1-8,11-14H2,(H,20,22). The van der Waals surface area contributed by atoms with Crippen LogP contribution in [0.5, 0.6) is 0 Å². The Bertz CT molecular complexity index is 506. The van der Waals surface area contributed by atoms with Gasteiger partial charge in [-0.05, 0) is 87.8 Å². The number of hydrogen-bond acceptors (Lipinski definition) is 2. The molecule has 1 N–H and O–H groups in total. The van der Waals surface area contributed by atoms with Crippen LogP contribution in [0.15, 0.2) is 18.2 Å². The highest BCUT2D eigenvalue weighted by atomic mass is 16.1. The molecule has 0 bridgehead atoms. The van der Waals surface area contributed by atoms with Gasteiger partial charge in [0.05, 0.1) is 0 Å². The molecule has 0 atom stereocenters. The van der Waals surface area contributed by atoms with Crippen molar-refractivity contribution in [1.82, 2.24) is 10.2 Å². The number of amides is 1. The fourth-order valence-electron chi connectivity index (χ4n) is 3.66. The molecule has 1 aliphatic carbocycles. The maximum Gasteiger partial charge on any atom is 0.251 e. The molecule has 1 amide bonds. The molecule has 3 nitrogen and oxygen atoms in total. The Hall–Kier alpha value is -1.35. The van der Waals surface area contributed by atoms with Gasteiger partial charge in [-0.25, -0.2) is 0 Å². The Morgan fingerprint density at radius 1 is 1.00 bits per heavy atom. The fraction of sp³-hybridized carbons (Fsp3) is 0.632. The molecular weight excluding hydrogens is 272 g/mol. The monoisotopic (exact) mass is 300 g/mol. The normalized spacial score (nSPS) is 18.7. The number of nitrogens with zero attached hydrogens (tertiary/aromatic N) is 1. The zero-order valence-corrected chi connectivity index (χ0v) is 13.6. The third-order valence-electron chi connectivity index (χ3n) is 5.00. The van der Waals surface area contributed by atoms with Crippen LogP contribution in [-0.2, 0) is 12.8 Å². The highest BCUT2D eigenvalue weighted by molar-refractivity contribution is 5.94. The number of aryl methyl sites for hydroxylation is 2. The molecular formula is C19H28N2O. The molecule has 120 valence electrons. The van der Waals surface area contributed by atoms with Crippen molar-refractivity contribution in [3.8, 4) is 0 Å². The van der Waals surface area contributed by atoms with Crippen LogP contribution in [0.1, 0.15) is 60.0 Å². The topological polar surface area (TPSA) is 32.3 Å². The van der Waals surface area contributed by atoms with Gasteiger partial charge in [0.2, 0.25) is 0 Å². The maximum absolute atomic E-state index is 12.3. The Morgan fingerprint density at radius 2 is 1.77 bits per heavy atom. The van der Waals surface area contributed by atoms with E-state index in [0.717, 1.165) is 31.5 Å². The molecule has 22 heavy (non-hydrogen) atoms. The molecule has 1 aliphatic heterocycles. The second-order valence-electron chi connectivity index (χ2n) is 6.70. The fourth-order valence-corrected chi connectivity index (χ4v) is 3.66. The quantitative estimate of drug-likeness (QED) is 0.847. The molecule has 1 saturated heterocycles. The van der Waals surface area contributed by atoms with E-state index < -0.39 is 0 Å². The number of likely N-dealkylation sites (tertiary alicyclic amines) is 1. The van der Waals surface area contributed by atoms with Crippen molar-refractivity contribution in [3.05, 3.63) is 34.9 Å². The van der Waals surface area contributed by atoms with Crippen LogP contribution in [0, 0.1) is 0 Å². The van der Waals surface area contributed by atoms with Gasteiger partial charge in [0.1, 0.15) is 0 Å². The van der Waals surface area contributed by atoms with Crippen LogP contribution in [0.25, 0.3) is 0 Å². The third-order valence-corrected chi connectivity index (χ3v) is 5.00. The zero-order chi connectivity index (χ0) is 15.2. The van der Waals surface area contributed by atoms with Crippen LogP contribution in [-0.4, -0.2) is 37.0 Å². The van der Waals surface area contributed by atoms with Gasteiger partial charge in [0.15, 0.2) is 0 Å². The lowest BCUT2D eigenvalue weighted by molar-refractivity contribution is 0.0951. The molecule has 0 saturated carbocycles. The molecule has 0 aromatic heterocycles. The number of carbonyl (C=O) groups excluding carboxylic acids is 1. The Labute approximate surface area is 134 Å². The summed E-state index contributed by atoms with van der Waals surface area (Å²) in [7, 11) is 0. The summed E-state index contributed by atoms with van der Waals surface area (Å²) in [5.74, 6) is 0.0898. The van der Waals surface area contributed by atoms with E-state index in [1.165, 1.54) is 62.7 Å². The molecule has 0 spiro atoms. The average molecular weight is 300 g/mol. The number of hydrogen-bond donors (Lipinski definition) is 1. The summed E-state index contributed by atoms with van der Waals surface area (Å²) in [6.07, 6.45) is 9.95. The molecule has 1 aromatic rings. The summed E-state index contributed by atoms with van der Waals surface area (Å²) in [5.41, 5.74) is 3.65. The second kappa shape index (κ2) is 7.77. The van der Waals surface area contributed by atoms with Gasteiger partial charge in [-0.2, -0.15) is 0 Å².